The zero-order valence-electron chi connectivity index (χ0n) is 24.3. The number of nitrogens with one attached hydrogen (secondary N) is 2. The lowest BCUT2D eigenvalue weighted by molar-refractivity contribution is -0.137. The number of amides is 3. The lowest BCUT2D eigenvalue weighted by Crippen LogP contribution is -2.32. The minimum atomic E-state index is -4.57. The van der Waals surface area contributed by atoms with E-state index in [0.29, 0.717) is 15.5 Å². The molecule has 2 aliphatic rings. The summed E-state index contributed by atoms with van der Waals surface area (Å²) >= 11 is 2.04. The Balaban J connectivity index is 1.24. The first-order valence-electron chi connectivity index (χ1n) is 14.2. The fourth-order valence-electron chi connectivity index (χ4n) is 5.51. The van der Waals surface area contributed by atoms with Gasteiger partial charge in [-0.05, 0) is 67.1 Å². The number of ether oxygens (including phenoxy) is 2. The van der Waals surface area contributed by atoms with Gasteiger partial charge in [-0.15, -0.1) is 0 Å². The van der Waals surface area contributed by atoms with Gasteiger partial charge in [-0.1, -0.05) is 41.3 Å². The fourth-order valence-corrected chi connectivity index (χ4v) is 8.02. The quantitative estimate of drug-likeness (QED) is 0.185. The first-order chi connectivity index (χ1) is 22.4. The first kappa shape index (κ1) is 32.1. The molecule has 15 heteroatoms. The van der Waals surface area contributed by atoms with Crippen LogP contribution in [0.1, 0.15) is 39.2 Å². The number of carbonyl (C=O) groups is 4. The van der Waals surface area contributed by atoms with Gasteiger partial charge < -0.3 is 19.8 Å². The van der Waals surface area contributed by atoms with E-state index >= 15 is 0 Å². The number of halogens is 3. The summed E-state index contributed by atoms with van der Waals surface area (Å²) in [6.45, 7) is 1.35. The predicted octanol–water partition coefficient (Wildman–Crippen LogP) is 5.45. The van der Waals surface area contributed by atoms with Gasteiger partial charge in [-0.2, -0.15) is 13.2 Å². The third kappa shape index (κ3) is 6.40. The largest absolute Gasteiger partial charge is 0.484 e. The van der Waals surface area contributed by atoms with E-state index in [1.54, 1.807) is 31.2 Å². The highest BCUT2D eigenvalue weighted by molar-refractivity contribution is 8.00. The third-order valence-corrected chi connectivity index (χ3v) is 9.92. The van der Waals surface area contributed by atoms with E-state index in [-0.39, 0.29) is 34.2 Å². The SMILES string of the molecule is CCOC(=O)c1ccc(N2C(=O)C3Sc4[nH]c(=O)sc4C(c4cccc(OCC(=O)Nc5cccc(C(F)(F)F)c5)c4)C3C2=O)cc1. The summed E-state index contributed by atoms with van der Waals surface area (Å²) in [5.74, 6) is -3.58. The highest BCUT2D eigenvalue weighted by atomic mass is 32.2. The Labute approximate surface area is 272 Å². The van der Waals surface area contributed by atoms with Crippen molar-refractivity contribution in [3.63, 3.8) is 0 Å². The summed E-state index contributed by atoms with van der Waals surface area (Å²) in [6, 6.07) is 16.6. The normalized spacial score (nSPS) is 18.8. The molecule has 0 radical (unpaired) electrons. The van der Waals surface area contributed by atoms with Crippen molar-refractivity contribution in [2.75, 3.05) is 23.4 Å². The number of anilines is 2. The summed E-state index contributed by atoms with van der Waals surface area (Å²) in [4.78, 5) is 68.8. The molecule has 3 unspecified atom stereocenters. The molecule has 1 fully saturated rings. The monoisotopic (exact) mass is 683 g/mol. The van der Waals surface area contributed by atoms with Crippen molar-refractivity contribution in [3.05, 3.63) is 104 Å². The van der Waals surface area contributed by atoms with Gasteiger partial charge in [0.1, 0.15) is 11.0 Å². The first-order valence-corrected chi connectivity index (χ1v) is 15.9. The van der Waals surface area contributed by atoms with Crippen molar-refractivity contribution < 1.29 is 41.8 Å². The molecule has 0 bridgehead atoms. The number of esters is 1. The number of imide groups is 1. The van der Waals surface area contributed by atoms with Crippen LogP contribution in [-0.2, 0) is 25.3 Å². The maximum atomic E-state index is 14.0. The highest BCUT2D eigenvalue weighted by Crippen LogP contribution is 2.53. The number of alkyl halides is 3. The average molecular weight is 684 g/mol. The number of rotatable bonds is 8. The van der Waals surface area contributed by atoms with Crippen LogP contribution in [0.5, 0.6) is 5.75 Å². The van der Waals surface area contributed by atoms with E-state index < -0.39 is 59.1 Å². The number of H-pyrrole nitrogens is 1. The maximum Gasteiger partial charge on any atom is 0.416 e. The van der Waals surface area contributed by atoms with Gasteiger partial charge in [0.2, 0.25) is 11.8 Å². The third-order valence-electron chi connectivity index (χ3n) is 7.52. The molecule has 0 aliphatic carbocycles. The van der Waals surface area contributed by atoms with Gasteiger partial charge in [-0.3, -0.25) is 19.2 Å². The molecular formula is C32H24F3N3O7S2. The van der Waals surface area contributed by atoms with Crippen molar-refractivity contribution in [2.24, 2.45) is 5.92 Å². The van der Waals surface area contributed by atoms with Crippen molar-refractivity contribution in [1.29, 1.82) is 0 Å². The molecular weight excluding hydrogens is 659 g/mol. The fraction of sp³-hybridized carbons (Fsp3) is 0.219. The van der Waals surface area contributed by atoms with Crippen LogP contribution >= 0.6 is 23.1 Å². The lowest BCUT2D eigenvalue weighted by atomic mass is 9.83. The summed E-state index contributed by atoms with van der Waals surface area (Å²) < 4.78 is 49.8. The number of thiazole rings is 1. The number of hydrogen-bond acceptors (Lipinski definition) is 9. The number of hydrogen-bond donors (Lipinski definition) is 2. The molecule has 1 aromatic heterocycles. The Morgan fingerprint density at radius 3 is 2.45 bits per heavy atom. The van der Waals surface area contributed by atoms with Gasteiger partial charge in [0.05, 0.1) is 34.4 Å². The minimum Gasteiger partial charge on any atom is -0.484 e. The van der Waals surface area contributed by atoms with Crippen molar-refractivity contribution in [2.45, 2.75) is 29.3 Å². The highest BCUT2D eigenvalue weighted by Gasteiger charge is 2.56. The van der Waals surface area contributed by atoms with Crippen LogP contribution in [0.4, 0.5) is 24.5 Å². The van der Waals surface area contributed by atoms with E-state index in [1.165, 1.54) is 36.4 Å². The van der Waals surface area contributed by atoms with E-state index in [1.807, 2.05) is 0 Å². The molecule has 3 amide bonds. The van der Waals surface area contributed by atoms with E-state index in [2.05, 4.69) is 10.3 Å². The molecule has 3 aromatic carbocycles. The summed E-state index contributed by atoms with van der Waals surface area (Å²) in [6.07, 6.45) is -4.57. The summed E-state index contributed by atoms with van der Waals surface area (Å²) in [5, 5.41) is 1.99. The molecule has 3 atom stereocenters. The lowest BCUT2D eigenvalue weighted by Gasteiger charge is -2.30. The van der Waals surface area contributed by atoms with Gasteiger partial charge in [0, 0.05) is 16.5 Å². The van der Waals surface area contributed by atoms with Crippen LogP contribution in [0.3, 0.4) is 0 Å². The van der Waals surface area contributed by atoms with Crippen LogP contribution in [-0.4, -0.2) is 47.1 Å². The van der Waals surface area contributed by atoms with Gasteiger partial charge in [-0.25, -0.2) is 9.69 Å². The second-order valence-corrected chi connectivity index (χ2v) is 12.7. The molecule has 47 heavy (non-hydrogen) atoms. The number of thioether (sulfide) groups is 1. The molecule has 2 N–H and O–H groups in total. The molecule has 6 rings (SSSR count). The van der Waals surface area contributed by atoms with E-state index in [0.717, 1.165) is 40.1 Å². The van der Waals surface area contributed by atoms with Crippen molar-refractivity contribution >= 4 is 58.2 Å². The van der Waals surface area contributed by atoms with Gasteiger partial charge >= 0.3 is 17.0 Å². The van der Waals surface area contributed by atoms with Crippen LogP contribution in [0.25, 0.3) is 0 Å². The molecule has 3 heterocycles. The standard InChI is InChI=1S/C32H24F3N3O7S2/c1-2-44-30(42)16-9-11-20(12-10-16)38-28(40)24-23(25-27(37-31(43)47-25)46-26(24)29(38)41)17-5-3-8-21(13-17)45-15-22(39)36-19-7-4-6-18(14-19)32(33,34)35/h3-14,23-24,26H,2,15H2,1H3,(H,36,39)(H,37,43). The van der Waals surface area contributed by atoms with Crippen LogP contribution in [0, 0.1) is 5.92 Å². The minimum absolute atomic E-state index is 0.0488. The number of carbonyl (C=O) groups excluding carboxylic acids is 4. The average Bonchev–Trinajstić information content (AvgIpc) is 3.53. The Morgan fingerprint density at radius 2 is 1.72 bits per heavy atom. The predicted molar refractivity (Wildman–Crippen MR) is 167 cm³/mol. The number of aromatic nitrogens is 1. The topological polar surface area (TPSA) is 135 Å². The molecule has 1 saturated heterocycles. The van der Waals surface area contributed by atoms with Crippen molar-refractivity contribution in [3.8, 4) is 5.75 Å². The van der Waals surface area contributed by atoms with E-state index in [9.17, 15) is 37.1 Å². The zero-order valence-corrected chi connectivity index (χ0v) is 26.0. The number of benzene rings is 3. The molecule has 4 aromatic rings. The second kappa shape index (κ2) is 12.7. The molecule has 0 spiro atoms. The van der Waals surface area contributed by atoms with Crippen LogP contribution in [0.2, 0.25) is 0 Å². The second-order valence-electron chi connectivity index (χ2n) is 10.5. The van der Waals surface area contributed by atoms with Gasteiger partial charge in [0.15, 0.2) is 6.61 Å². The van der Waals surface area contributed by atoms with Crippen LogP contribution < -0.4 is 19.8 Å². The number of aromatic amines is 1. The number of nitrogens with zero attached hydrogens (tertiary/aromatic N) is 1. The molecule has 10 nitrogen and oxygen atoms in total. The Morgan fingerprint density at radius 1 is 0.979 bits per heavy atom. The Hall–Kier alpha value is -4.89. The smallest absolute Gasteiger partial charge is 0.416 e. The molecule has 0 saturated carbocycles. The maximum absolute atomic E-state index is 14.0. The number of fused-ring (bicyclic) bond motifs is 2. The van der Waals surface area contributed by atoms with Gasteiger partial charge in [0.25, 0.3) is 5.91 Å². The molecule has 242 valence electrons. The Kier molecular flexibility index (Phi) is 8.68. The zero-order chi connectivity index (χ0) is 33.5. The van der Waals surface area contributed by atoms with Crippen LogP contribution in [0.15, 0.2) is 82.6 Å². The molecule has 2 aliphatic heterocycles. The Bertz CT molecular complexity index is 1940. The van der Waals surface area contributed by atoms with E-state index in [4.69, 9.17) is 9.47 Å². The summed E-state index contributed by atoms with van der Waals surface area (Å²) in [5.41, 5.74) is 0.133. The summed E-state index contributed by atoms with van der Waals surface area (Å²) in [7, 11) is 0. The van der Waals surface area contributed by atoms with Crippen molar-refractivity contribution in [1.82, 2.24) is 4.98 Å².